The van der Waals surface area contributed by atoms with Gasteiger partial charge in [0.15, 0.2) is 0 Å². The zero-order valence-corrected chi connectivity index (χ0v) is 8.59. The van der Waals surface area contributed by atoms with E-state index in [9.17, 15) is 0 Å². The average Bonchev–Trinajstić information content (AvgIpc) is 2.13. The van der Waals surface area contributed by atoms with Crippen molar-refractivity contribution in [3.05, 3.63) is 41.5 Å². The van der Waals surface area contributed by atoms with Gasteiger partial charge in [0.1, 0.15) is 0 Å². The lowest BCUT2D eigenvalue weighted by Gasteiger charge is -1.95. The zero-order chi connectivity index (χ0) is 9.52. The molecule has 70 valence electrons. The lowest BCUT2D eigenvalue weighted by molar-refractivity contribution is 0.816. The number of allylic oxidation sites excluding steroid dienone is 1. The Kier molecular flexibility index (Phi) is 4.31. The predicted octanol–water partition coefficient (Wildman–Crippen LogP) is 4.20. The molecule has 1 aromatic rings. The predicted molar refractivity (Wildman–Crippen MR) is 59.7 cm³/mol. The van der Waals surface area contributed by atoms with E-state index in [0.29, 0.717) is 0 Å². The van der Waals surface area contributed by atoms with Crippen molar-refractivity contribution >= 4 is 6.08 Å². The summed E-state index contributed by atoms with van der Waals surface area (Å²) in [5, 5.41) is 0. The van der Waals surface area contributed by atoms with Crippen LogP contribution in [0.25, 0.3) is 6.08 Å². The second-order valence-electron chi connectivity index (χ2n) is 3.46. The molecule has 0 bridgehead atoms. The number of hydrogen-bond acceptors (Lipinski definition) is 0. The molecule has 0 radical (unpaired) electrons. The van der Waals surface area contributed by atoms with Crippen LogP contribution in [0.3, 0.4) is 0 Å². The lowest BCUT2D eigenvalue weighted by atomic mass is 10.1. The van der Waals surface area contributed by atoms with E-state index in [1.165, 1.54) is 30.4 Å². The molecule has 0 saturated heterocycles. The molecule has 0 amide bonds. The van der Waals surface area contributed by atoms with Gasteiger partial charge in [0.25, 0.3) is 0 Å². The molecule has 0 heteroatoms. The standard InChI is InChI=1S/C13H18/c1-3-4-5-6-9-13-10-7-8-12(2)11-13/h6-11H,3-5H2,1-2H3/b9-6-. The Labute approximate surface area is 81.3 Å². The molecule has 0 unspecified atom stereocenters. The highest BCUT2D eigenvalue weighted by molar-refractivity contribution is 5.49. The van der Waals surface area contributed by atoms with Gasteiger partial charge in [0.05, 0.1) is 0 Å². The fourth-order valence-electron chi connectivity index (χ4n) is 1.32. The Morgan fingerprint density at radius 2 is 2.15 bits per heavy atom. The Morgan fingerprint density at radius 3 is 2.85 bits per heavy atom. The molecule has 0 nitrogen and oxygen atoms in total. The topological polar surface area (TPSA) is 0 Å². The summed E-state index contributed by atoms with van der Waals surface area (Å²) in [4.78, 5) is 0. The molecule has 13 heavy (non-hydrogen) atoms. The smallest absolute Gasteiger partial charge is 0.0257 e. The number of aryl methyl sites for hydroxylation is 1. The molecule has 0 N–H and O–H groups in total. The summed E-state index contributed by atoms with van der Waals surface area (Å²) >= 11 is 0. The van der Waals surface area contributed by atoms with Crippen LogP contribution >= 0.6 is 0 Å². The second kappa shape index (κ2) is 5.58. The van der Waals surface area contributed by atoms with Crippen molar-refractivity contribution in [3.63, 3.8) is 0 Å². The van der Waals surface area contributed by atoms with Gasteiger partial charge < -0.3 is 0 Å². The Hall–Kier alpha value is -1.04. The van der Waals surface area contributed by atoms with Crippen LogP contribution in [0.5, 0.6) is 0 Å². The zero-order valence-electron chi connectivity index (χ0n) is 8.59. The Morgan fingerprint density at radius 1 is 1.31 bits per heavy atom. The third-order valence-electron chi connectivity index (χ3n) is 2.08. The summed E-state index contributed by atoms with van der Waals surface area (Å²) in [7, 11) is 0. The summed E-state index contributed by atoms with van der Waals surface area (Å²) in [5.41, 5.74) is 2.65. The molecule has 0 fully saturated rings. The molecular weight excluding hydrogens is 156 g/mol. The fraction of sp³-hybridized carbons (Fsp3) is 0.385. The van der Waals surface area contributed by atoms with Crippen molar-refractivity contribution in [1.82, 2.24) is 0 Å². The maximum Gasteiger partial charge on any atom is -0.0257 e. The third kappa shape index (κ3) is 3.93. The van der Waals surface area contributed by atoms with Crippen LogP contribution < -0.4 is 0 Å². The minimum Gasteiger partial charge on any atom is -0.0839 e. The first kappa shape index (κ1) is 10.0. The number of unbranched alkanes of at least 4 members (excludes halogenated alkanes) is 2. The van der Waals surface area contributed by atoms with Crippen LogP contribution in [0.15, 0.2) is 30.3 Å². The third-order valence-corrected chi connectivity index (χ3v) is 2.08. The summed E-state index contributed by atoms with van der Waals surface area (Å²) in [6.45, 7) is 4.35. The van der Waals surface area contributed by atoms with Gasteiger partial charge in [-0.05, 0) is 18.9 Å². The van der Waals surface area contributed by atoms with Crippen LogP contribution in [-0.2, 0) is 0 Å². The maximum atomic E-state index is 2.26. The highest BCUT2D eigenvalue weighted by Gasteiger charge is 1.86. The van der Waals surface area contributed by atoms with Crippen molar-refractivity contribution in [2.45, 2.75) is 33.1 Å². The molecule has 0 aliphatic heterocycles. The minimum absolute atomic E-state index is 1.20. The van der Waals surface area contributed by atoms with Gasteiger partial charge in [0, 0.05) is 0 Å². The van der Waals surface area contributed by atoms with Crippen LogP contribution in [0.4, 0.5) is 0 Å². The summed E-state index contributed by atoms with van der Waals surface area (Å²) in [6.07, 6.45) is 8.24. The van der Waals surface area contributed by atoms with Crippen LogP contribution in [0.1, 0.15) is 37.3 Å². The largest absolute Gasteiger partial charge is 0.0839 e. The quantitative estimate of drug-likeness (QED) is 0.600. The normalized spacial score (nSPS) is 10.9. The molecule has 1 rings (SSSR count). The number of benzene rings is 1. The van der Waals surface area contributed by atoms with E-state index in [2.05, 4.69) is 50.3 Å². The summed E-state index contributed by atoms with van der Waals surface area (Å²) < 4.78 is 0. The molecule has 0 saturated carbocycles. The maximum absolute atomic E-state index is 2.26. The second-order valence-corrected chi connectivity index (χ2v) is 3.46. The van der Waals surface area contributed by atoms with E-state index in [0.717, 1.165) is 0 Å². The summed E-state index contributed by atoms with van der Waals surface area (Å²) in [5.74, 6) is 0. The molecule has 0 aliphatic carbocycles. The van der Waals surface area contributed by atoms with E-state index >= 15 is 0 Å². The highest BCUT2D eigenvalue weighted by atomic mass is 13.9. The van der Waals surface area contributed by atoms with Crippen LogP contribution in [0, 0.1) is 6.92 Å². The van der Waals surface area contributed by atoms with Gasteiger partial charge in [-0.2, -0.15) is 0 Å². The van der Waals surface area contributed by atoms with E-state index in [4.69, 9.17) is 0 Å². The van der Waals surface area contributed by atoms with E-state index < -0.39 is 0 Å². The van der Waals surface area contributed by atoms with E-state index in [1.54, 1.807) is 0 Å². The molecular formula is C13H18. The Balaban J connectivity index is 2.48. The van der Waals surface area contributed by atoms with Crippen molar-refractivity contribution < 1.29 is 0 Å². The van der Waals surface area contributed by atoms with Crippen molar-refractivity contribution in [3.8, 4) is 0 Å². The number of rotatable bonds is 4. The lowest BCUT2D eigenvalue weighted by Crippen LogP contribution is -1.74. The minimum atomic E-state index is 1.20. The van der Waals surface area contributed by atoms with Gasteiger partial charge >= 0.3 is 0 Å². The molecule has 1 aromatic carbocycles. The van der Waals surface area contributed by atoms with E-state index in [-0.39, 0.29) is 0 Å². The summed E-state index contributed by atoms with van der Waals surface area (Å²) in [6, 6.07) is 8.59. The first-order valence-corrected chi connectivity index (χ1v) is 5.06. The first-order valence-electron chi connectivity index (χ1n) is 5.06. The van der Waals surface area contributed by atoms with Gasteiger partial charge in [-0.25, -0.2) is 0 Å². The van der Waals surface area contributed by atoms with Gasteiger partial charge in [-0.15, -0.1) is 0 Å². The van der Waals surface area contributed by atoms with Crippen molar-refractivity contribution in [2.24, 2.45) is 0 Å². The van der Waals surface area contributed by atoms with Crippen molar-refractivity contribution in [2.75, 3.05) is 0 Å². The average molecular weight is 174 g/mol. The first-order chi connectivity index (χ1) is 6.33. The molecule has 0 spiro atoms. The highest BCUT2D eigenvalue weighted by Crippen LogP contribution is 2.07. The SMILES string of the molecule is CCCC/C=C\c1cccc(C)c1. The van der Waals surface area contributed by atoms with Crippen LogP contribution in [0.2, 0.25) is 0 Å². The molecule has 0 aliphatic rings. The molecule has 0 aromatic heterocycles. The van der Waals surface area contributed by atoms with Gasteiger partial charge in [0.2, 0.25) is 0 Å². The van der Waals surface area contributed by atoms with Crippen molar-refractivity contribution in [1.29, 1.82) is 0 Å². The van der Waals surface area contributed by atoms with Crippen LogP contribution in [-0.4, -0.2) is 0 Å². The molecule has 0 heterocycles. The fourth-order valence-corrected chi connectivity index (χ4v) is 1.32. The Bertz CT molecular complexity index is 271. The monoisotopic (exact) mass is 174 g/mol. The molecule has 0 atom stereocenters. The van der Waals surface area contributed by atoms with Gasteiger partial charge in [-0.3, -0.25) is 0 Å². The number of hydrogen-bond donors (Lipinski definition) is 0. The van der Waals surface area contributed by atoms with Gasteiger partial charge in [-0.1, -0.05) is 61.7 Å². The van der Waals surface area contributed by atoms with E-state index in [1.807, 2.05) is 0 Å².